The molecule has 2 aromatic heterocycles. The van der Waals surface area contributed by atoms with Crippen LogP contribution in [0.5, 0.6) is 0 Å². The molecule has 1 aliphatic rings. The normalized spacial score (nSPS) is 12.7. The lowest BCUT2D eigenvalue weighted by molar-refractivity contribution is -0.123. The van der Waals surface area contributed by atoms with E-state index in [-0.39, 0.29) is 6.61 Å². The molecule has 1 amide bonds. The van der Waals surface area contributed by atoms with Crippen molar-refractivity contribution >= 4 is 34.2 Å². The molecule has 4 aromatic rings. The van der Waals surface area contributed by atoms with Crippen molar-refractivity contribution in [2.75, 3.05) is 11.9 Å². The molecule has 1 atom stereocenters. The Morgan fingerprint density at radius 3 is 2.59 bits per heavy atom. The van der Waals surface area contributed by atoms with E-state index in [1.165, 1.54) is 23.8 Å². The maximum absolute atomic E-state index is 13.0. The summed E-state index contributed by atoms with van der Waals surface area (Å²) in [6, 6.07) is 14.8. The fourth-order valence-corrected chi connectivity index (χ4v) is 5.63. The molecule has 0 radical (unpaired) electrons. The molecule has 2 aromatic carbocycles. The number of aromatic nitrogens is 2. The lowest BCUT2D eigenvalue weighted by Crippen LogP contribution is -2.30. The highest BCUT2D eigenvalue weighted by Gasteiger charge is 2.31. The van der Waals surface area contributed by atoms with Crippen molar-refractivity contribution < 1.29 is 23.9 Å². The number of H-pyrrole nitrogens is 1. The van der Waals surface area contributed by atoms with Crippen LogP contribution in [-0.2, 0) is 27.1 Å². The van der Waals surface area contributed by atoms with Gasteiger partial charge in [0.15, 0.2) is 6.10 Å². The van der Waals surface area contributed by atoms with Crippen LogP contribution in [-0.4, -0.2) is 40.5 Å². The fraction of sp³-hybridized carbons (Fsp3) is 0.214. The number of carbonyl (C=O) groups is 3. The van der Waals surface area contributed by atoms with Gasteiger partial charge in [0.2, 0.25) is 0 Å². The van der Waals surface area contributed by atoms with Crippen LogP contribution in [0.4, 0.5) is 5.00 Å². The van der Waals surface area contributed by atoms with Crippen LogP contribution in [0, 0.1) is 0 Å². The highest BCUT2D eigenvalue weighted by atomic mass is 32.1. The second kappa shape index (κ2) is 10.4. The smallest absolute Gasteiger partial charge is 0.341 e. The van der Waals surface area contributed by atoms with Crippen molar-refractivity contribution in [3.63, 3.8) is 0 Å². The predicted octanol–water partition coefficient (Wildman–Crippen LogP) is 5.26. The van der Waals surface area contributed by atoms with E-state index in [0.717, 1.165) is 28.0 Å². The minimum absolute atomic E-state index is 0.222. The quantitative estimate of drug-likeness (QED) is 0.325. The number of hydrogen-bond donors (Lipinski definition) is 2. The number of thiophene rings is 1. The summed E-state index contributed by atoms with van der Waals surface area (Å²) in [6.07, 6.45) is 3.75. The van der Waals surface area contributed by atoms with Crippen LogP contribution in [0.25, 0.3) is 21.8 Å². The van der Waals surface area contributed by atoms with Gasteiger partial charge >= 0.3 is 11.9 Å². The van der Waals surface area contributed by atoms with Gasteiger partial charge in [-0.1, -0.05) is 36.4 Å². The van der Waals surface area contributed by atoms with Gasteiger partial charge < -0.3 is 19.8 Å². The summed E-state index contributed by atoms with van der Waals surface area (Å²) >= 11 is 1.34. The van der Waals surface area contributed by atoms with Crippen molar-refractivity contribution in [3.8, 4) is 21.8 Å². The molecule has 0 bridgehead atoms. The Labute approximate surface area is 217 Å². The van der Waals surface area contributed by atoms with Gasteiger partial charge in [-0.05, 0) is 55.5 Å². The van der Waals surface area contributed by atoms with Crippen LogP contribution in [0.15, 0.2) is 60.9 Å². The highest BCUT2D eigenvalue weighted by Crippen LogP contribution is 2.45. The topological polar surface area (TPSA) is 110 Å². The molecule has 5 rings (SSSR count). The van der Waals surface area contributed by atoms with Gasteiger partial charge in [-0.3, -0.25) is 4.79 Å². The van der Waals surface area contributed by atoms with Gasteiger partial charge in [-0.2, -0.15) is 0 Å². The minimum Gasteiger partial charge on any atom is -0.462 e. The minimum atomic E-state index is -1.08. The second-order valence-electron chi connectivity index (χ2n) is 8.54. The molecule has 0 fully saturated rings. The summed E-state index contributed by atoms with van der Waals surface area (Å²) in [4.78, 5) is 46.7. The zero-order valence-electron chi connectivity index (χ0n) is 20.4. The van der Waals surface area contributed by atoms with E-state index in [1.54, 1.807) is 43.6 Å². The van der Waals surface area contributed by atoms with Gasteiger partial charge in [0.25, 0.3) is 5.91 Å². The maximum atomic E-state index is 13.0. The number of esters is 2. The van der Waals surface area contributed by atoms with Crippen LogP contribution in [0.3, 0.4) is 0 Å². The number of ether oxygens (including phenoxy) is 2. The van der Waals surface area contributed by atoms with Crippen molar-refractivity contribution in [1.29, 1.82) is 0 Å². The highest BCUT2D eigenvalue weighted by molar-refractivity contribution is 7.20. The lowest BCUT2D eigenvalue weighted by atomic mass is 9.89. The van der Waals surface area contributed by atoms with Gasteiger partial charge in [0, 0.05) is 22.8 Å². The molecule has 1 unspecified atom stereocenters. The molecule has 0 spiro atoms. The van der Waals surface area contributed by atoms with Crippen LogP contribution < -0.4 is 5.32 Å². The predicted molar refractivity (Wildman–Crippen MR) is 141 cm³/mol. The third kappa shape index (κ3) is 4.90. The van der Waals surface area contributed by atoms with E-state index in [0.29, 0.717) is 28.4 Å². The number of hydrogen-bond acceptors (Lipinski definition) is 7. The van der Waals surface area contributed by atoms with Gasteiger partial charge in [-0.15, -0.1) is 11.3 Å². The number of anilines is 1. The first-order valence-corrected chi connectivity index (χ1v) is 12.8. The standard InChI is InChI=1S/C28H25N3O5S/c1-3-35-28(34)22-21-13-12-17-6-4-5-7-20(17)23(21)37-26(22)31-25(32)16(2)36-27(33)19-10-8-18(9-11-19)24-29-14-15-30-24/h4-11,14-16H,3,12-13H2,1-2H3,(H,29,30)(H,31,32). The Bertz CT molecular complexity index is 1460. The van der Waals surface area contributed by atoms with Crippen LogP contribution in [0.1, 0.15) is 45.7 Å². The van der Waals surface area contributed by atoms with Gasteiger partial charge in [-0.25, -0.2) is 14.6 Å². The number of nitrogens with zero attached hydrogens (tertiary/aromatic N) is 1. The molecule has 1 aliphatic carbocycles. The van der Waals surface area contributed by atoms with E-state index < -0.39 is 23.9 Å². The molecule has 8 nitrogen and oxygen atoms in total. The molecule has 0 saturated heterocycles. The summed E-state index contributed by atoms with van der Waals surface area (Å²) in [5, 5.41) is 3.21. The summed E-state index contributed by atoms with van der Waals surface area (Å²) in [5.41, 5.74) is 4.63. The SMILES string of the molecule is CCOC(=O)c1c(NC(=O)C(C)OC(=O)c2ccc(-c3ncc[nH]3)cc2)sc2c1CCc1ccccc1-2. The number of imidazole rings is 1. The first-order valence-electron chi connectivity index (χ1n) is 12.0. The zero-order valence-corrected chi connectivity index (χ0v) is 21.2. The van der Waals surface area contributed by atoms with E-state index in [9.17, 15) is 14.4 Å². The number of aryl methyl sites for hydroxylation is 1. The first-order chi connectivity index (χ1) is 18.0. The number of nitrogens with one attached hydrogen (secondary N) is 2. The second-order valence-corrected chi connectivity index (χ2v) is 9.56. The van der Waals surface area contributed by atoms with Gasteiger partial charge in [0.05, 0.1) is 17.7 Å². The molecule has 2 heterocycles. The Morgan fingerprint density at radius 1 is 1.08 bits per heavy atom. The molecule has 2 N–H and O–H groups in total. The van der Waals surface area contributed by atoms with E-state index in [1.807, 2.05) is 18.2 Å². The molecule has 9 heteroatoms. The fourth-order valence-electron chi connectivity index (χ4n) is 4.33. The van der Waals surface area contributed by atoms with Crippen LogP contribution >= 0.6 is 11.3 Å². The number of rotatable bonds is 7. The van der Waals surface area contributed by atoms with Crippen LogP contribution in [0.2, 0.25) is 0 Å². The summed E-state index contributed by atoms with van der Waals surface area (Å²) in [5.74, 6) is -0.945. The Morgan fingerprint density at radius 2 is 1.86 bits per heavy atom. The molecule has 188 valence electrons. The first kappa shape index (κ1) is 24.5. The van der Waals surface area contributed by atoms with E-state index >= 15 is 0 Å². The Balaban J connectivity index is 1.33. The third-order valence-corrected chi connectivity index (χ3v) is 7.36. The van der Waals surface area contributed by atoms with Crippen molar-refractivity contribution in [2.45, 2.75) is 32.8 Å². The number of aromatic amines is 1. The zero-order chi connectivity index (χ0) is 25.9. The largest absolute Gasteiger partial charge is 0.462 e. The summed E-state index contributed by atoms with van der Waals surface area (Å²) in [7, 11) is 0. The molecule has 0 aliphatic heterocycles. The summed E-state index contributed by atoms with van der Waals surface area (Å²) < 4.78 is 10.7. The van der Waals surface area contributed by atoms with Gasteiger partial charge in [0.1, 0.15) is 10.8 Å². The Kier molecular flexibility index (Phi) is 6.87. The van der Waals surface area contributed by atoms with Crippen molar-refractivity contribution in [1.82, 2.24) is 9.97 Å². The number of fused-ring (bicyclic) bond motifs is 3. The van der Waals surface area contributed by atoms with E-state index in [2.05, 4.69) is 21.4 Å². The summed E-state index contributed by atoms with van der Waals surface area (Å²) in [6.45, 7) is 3.46. The maximum Gasteiger partial charge on any atom is 0.341 e. The van der Waals surface area contributed by atoms with Crippen molar-refractivity contribution in [3.05, 3.63) is 83.2 Å². The lowest BCUT2D eigenvalue weighted by Gasteiger charge is -2.16. The number of amides is 1. The van der Waals surface area contributed by atoms with E-state index in [4.69, 9.17) is 9.47 Å². The molecule has 0 saturated carbocycles. The molecular weight excluding hydrogens is 490 g/mol. The molecular formula is C28H25N3O5S. The Hall–Kier alpha value is -4.24. The average Bonchev–Trinajstić information content (AvgIpc) is 3.57. The third-order valence-electron chi connectivity index (χ3n) is 6.17. The average molecular weight is 516 g/mol. The van der Waals surface area contributed by atoms with Crippen molar-refractivity contribution in [2.24, 2.45) is 0 Å². The number of benzene rings is 2. The monoisotopic (exact) mass is 515 g/mol. The molecule has 37 heavy (non-hydrogen) atoms. The number of carbonyl (C=O) groups excluding carboxylic acids is 3.